The Morgan fingerprint density at radius 2 is 0.897 bits per heavy atom. The van der Waals surface area contributed by atoms with E-state index in [-0.39, 0.29) is 0 Å². The smallest absolute Gasteiger partial charge is 0.202 e. The van der Waals surface area contributed by atoms with Gasteiger partial charge in [-0.3, -0.25) is 0 Å². The summed E-state index contributed by atoms with van der Waals surface area (Å²) in [6.07, 6.45) is 21.2. The second-order valence-electron chi connectivity index (χ2n) is 8.07. The van der Waals surface area contributed by atoms with Crippen LogP contribution >= 0.6 is 0 Å². The Bertz CT molecular complexity index is 310. The fourth-order valence-electron chi connectivity index (χ4n) is 3.39. The van der Waals surface area contributed by atoms with Crippen LogP contribution in [0.4, 0.5) is 0 Å². The lowest BCUT2D eigenvalue weighted by atomic mass is 10.0. The van der Waals surface area contributed by atoms with Crippen LogP contribution in [-0.2, 0) is 0 Å². The van der Waals surface area contributed by atoms with Crippen LogP contribution in [0, 0.1) is 10.2 Å². The van der Waals surface area contributed by atoms with Crippen LogP contribution < -0.4 is 23.5 Å². The molecule has 0 amide bonds. The van der Waals surface area contributed by atoms with Crippen molar-refractivity contribution in [2.45, 2.75) is 116 Å². The van der Waals surface area contributed by atoms with E-state index < -0.39 is 16.5 Å². The summed E-state index contributed by atoms with van der Waals surface area (Å²) < 4.78 is 34.0. The van der Waals surface area contributed by atoms with Gasteiger partial charge in [0.05, 0.1) is 13.6 Å². The fourth-order valence-corrected chi connectivity index (χ4v) is 3.39. The highest BCUT2D eigenvalue weighted by atomic mass is 35.7. The zero-order chi connectivity index (χ0) is 22.4. The number of halogens is 1. The molecule has 0 fully saturated rings. The Morgan fingerprint density at radius 1 is 0.621 bits per heavy atom. The summed E-state index contributed by atoms with van der Waals surface area (Å²) in [5.74, 6) is 0. The number of aliphatic hydroxyl groups excluding tert-OH is 1. The third-order valence-electron chi connectivity index (χ3n) is 4.99. The predicted molar refractivity (Wildman–Crippen MR) is 104 cm³/mol. The summed E-state index contributed by atoms with van der Waals surface area (Å²) in [6.45, 7) is 3.78. The number of hydrogen-bond acceptors (Lipinski definition) is 6. The molecule has 0 saturated carbocycles. The minimum Gasteiger partial charge on any atom is -0.364 e. The zero-order valence-corrected chi connectivity index (χ0v) is 19.5. The predicted octanol–water partition coefficient (Wildman–Crippen LogP) is -0.683. The molecule has 0 aliphatic rings. The Hall–Kier alpha value is 0.01000. The number of aliphatic hydroxyl groups is 2. The van der Waals surface area contributed by atoms with Crippen molar-refractivity contribution in [3.05, 3.63) is 0 Å². The second-order valence-corrected chi connectivity index (χ2v) is 8.83. The first-order valence-electron chi connectivity index (χ1n) is 11.5. The van der Waals surface area contributed by atoms with Gasteiger partial charge in [0.2, 0.25) is 6.29 Å². The molecule has 0 aromatic carbocycles. The first-order valence-corrected chi connectivity index (χ1v) is 12.7. The number of likely N-dealkylation sites (N-methyl/N-ethyl adjacent to an activating group) is 1. The van der Waals surface area contributed by atoms with E-state index in [1.54, 1.807) is 0 Å². The Labute approximate surface area is 180 Å². The van der Waals surface area contributed by atoms with Crippen LogP contribution in [0.2, 0.25) is 0 Å². The molecule has 0 spiro atoms. The van der Waals surface area contributed by atoms with E-state index in [2.05, 4.69) is 6.92 Å². The molecule has 3 N–H and O–H groups in total. The van der Waals surface area contributed by atoms with Crippen molar-refractivity contribution >= 4 is 0 Å². The van der Waals surface area contributed by atoms with Crippen molar-refractivity contribution < 1.29 is 44.0 Å². The fraction of sp³-hybridized carbons (Fsp3) is 1.00. The van der Waals surface area contributed by atoms with Gasteiger partial charge in [-0.05, 0) is 12.8 Å². The van der Waals surface area contributed by atoms with Crippen molar-refractivity contribution in [2.24, 2.45) is 0 Å². The van der Waals surface area contributed by atoms with E-state index in [4.69, 9.17) is 28.8 Å². The molecule has 0 saturated heterocycles. The molecule has 0 bridgehead atoms. The molecule has 0 radical (unpaired) electrons. The lowest BCUT2D eigenvalue weighted by Crippen LogP contribution is -3.10. The maximum Gasteiger partial charge on any atom is 0.202 e. The summed E-state index contributed by atoms with van der Waals surface area (Å²) >= 11 is 0. The van der Waals surface area contributed by atoms with Crippen molar-refractivity contribution in [1.29, 1.82) is 0 Å². The van der Waals surface area contributed by atoms with E-state index in [1.165, 1.54) is 108 Å². The topological polar surface area (TPSA) is 137 Å². The quantitative estimate of drug-likeness (QED) is 0.178. The Morgan fingerprint density at radius 3 is 1.17 bits per heavy atom. The van der Waals surface area contributed by atoms with Crippen molar-refractivity contribution in [3.8, 4) is 0 Å². The highest BCUT2D eigenvalue weighted by Gasteiger charge is 2.06. The number of quaternary nitrogens is 1. The zero-order valence-electron chi connectivity index (χ0n) is 18.7. The maximum atomic E-state index is 8.89. The van der Waals surface area contributed by atoms with Crippen LogP contribution in [0.25, 0.3) is 0 Å². The summed E-state index contributed by atoms with van der Waals surface area (Å²) in [6, 6.07) is 0. The summed E-state index contributed by atoms with van der Waals surface area (Å²) in [7, 11) is -2.91. The summed E-state index contributed by atoms with van der Waals surface area (Å²) in [5, 5.41) is 17.8. The first-order chi connectivity index (χ1) is 13.7. The van der Waals surface area contributed by atoms with Gasteiger partial charge in [0.15, 0.2) is 0 Å². The summed E-state index contributed by atoms with van der Waals surface area (Å²) in [4.78, 5) is 1.22. The van der Waals surface area contributed by atoms with Gasteiger partial charge >= 0.3 is 0 Å². The Balaban J connectivity index is 0. The van der Waals surface area contributed by atoms with Gasteiger partial charge in [-0.2, -0.15) is 0 Å². The van der Waals surface area contributed by atoms with Crippen LogP contribution in [0.3, 0.4) is 0 Å². The molecule has 0 heterocycles. The standard InChI is InChI=1S/C21H45NO2.ClHO4/c1-3-4-5-6-7-8-9-10-11-12-13-14-15-16-17-18-19-22(2)20-21(23)24;2-1(3,4)5/h21,23-24H,3-20H2,1-2H3;(H,2,3,4,5). The molecular formula is C21H46ClNO6. The second kappa shape index (κ2) is 22.7. The van der Waals surface area contributed by atoms with Gasteiger partial charge in [0.1, 0.15) is 6.54 Å². The SMILES string of the molecule is CCCCCCCCCCCCCCCCCC[NH+](C)CC(O)O.[O-][Cl+3]([O-])([O-])[O-]. The van der Waals surface area contributed by atoms with Gasteiger partial charge < -0.3 is 15.1 Å². The molecular weight excluding hydrogens is 398 g/mol. The number of unbranched alkanes of at least 4 members (excludes halogenated alkanes) is 15. The molecule has 0 rings (SSSR count). The van der Waals surface area contributed by atoms with E-state index in [9.17, 15) is 0 Å². The summed E-state index contributed by atoms with van der Waals surface area (Å²) in [5.41, 5.74) is 0. The molecule has 0 aromatic rings. The van der Waals surface area contributed by atoms with E-state index in [0.29, 0.717) is 6.54 Å². The van der Waals surface area contributed by atoms with Gasteiger partial charge in [-0.1, -0.05) is 96.8 Å². The molecule has 0 aromatic heterocycles. The van der Waals surface area contributed by atoms with Crippen molar-refractivity contribution in [3.63, 3.8) is 0 Å². The van der Waals surface area contributed by atoms with E-state index >= 15 is 0 Å². The number of rotatable bonds is 19. The lowest BCUT2D eigenvalue weighted by Gasteiger charge is -2.17. The minimum absolute atomic E-state index is 0.443. The molecule has 0 aliphatic heterocycles. The average molecular weight is 444 g/mol. The van der Waals surface area contributed by atoms with Gasteiger partial charge in [-0.15, -0.1) is 10.2 Å². The molecule has 1 atom stereocenters. The van der Waals surface area contributed by atoms with Crippen LogP contribution in [-0.4, -0.2) is 36.6 Å². The minimum atomic E-state index is -4.94. The third-order valence-corrected chi connectivity index (χ3v) is 4.99. The normalized spacial score (nSPS) is 12.7. The van der Waals surface area contributed by atoms with E-state index in [1.807, 2.05) is 7.05 Å². The third kappa shape index (κ3) is 39.1. The Kier molecular flexibility index (Phi) is 24.4. The monoisotopic (exact) mass is 443 g/mol. The van der Waals surface area contributed by atoms with Gasteiger partial charge in [0, 0.05) is 0 Å². The van der Waals surface area contributed by atoms with Gasteiger partial charge in [0.25, 0.3) is 0 Å². The molecule has 8 heteroatoms. The largest absolute Gasteiger partial charge is 0.364 e. The molecule has 178 valence electrons. The van der Waals surface area contributed by atoms with Crippen LogP contribution in [0.1, 0.15) is 110 Å². The van der Waals surface area contributed by atoms with Crippen molar-refractivity contribution in [1.82, 2.24) is 0 Å². The highest BCUT2D eigenvalue weighted by molar-refractivity contribution is 4.49. The molecule has 1 unspecified atom stereocenters. The number of hydrogen-bond donors (Lipinski definition) is 3. The lowest BCUT2D eigenvalue weighted by molar-refractivity contribution is -2.00. The molecule has 29 heavy (non-hydrogen) atoms. The van der Waals surface area contributed by atoms with Crippen LogP contribution in [0.15, 0.2) is 0 Å². The van der Waals surface area contributed by atoms with Gasteiger partial charge in [-0.25, -0.2) is 18.6 Å². The van der Waals surface area contributed by atoms with Crippen molar-refractivity contribution in [2.75, 3.05) is 20.1 Å². The van der Waals surface area contributed by atoms with E-state index in [0.717, 1.165) is 6.54 Å². The first kappa shape index (κ1) is 31.2. The average Bonchev–Trinajstić information content (AvgIpc) is 2.59. The number of nitrogens with one attached hydrogen (secondary N) is 1. The molecule has 7 nitrogen and oxygen atoms in total. The van der Waals surface area contributed by atoms with Crippen LogP contribution in [0.5, 0.6) is 0 Å². The molecule has 0 aliphatic carbocycles. The highest BCUT2D eigenvalue weighted by Crippen LogP contribution is 2.13. The maximum absolute atomic E-state index is 8.89.